The van der Waals surface area contributed by atoms with E-state index in [0.717, 1.165) is 11.5 Å². The molecule has 0 unspecified atom stereocenters. The van der Waals surface area contributed by atoms with Crippen molar-refractivity contribution in [3.05, 3.63) is 76.1 Å². The Bertz CT molecular complexity index is 1140. The minimum atomic E-state index is -3.87. The van der Waals surface area contributed by atoms with E-state index in [1.807, 2.05) is 18.2 Å². The summed E-state index contributed by atoms with van der Waals surface area (Å²) in [5.74, 6) is -1.20. The molecule has 3 aromatic rings. The van der Waals surface area contributed by atoms with Crippen LogP contribution in [0.15, 0.2) is 64.3 Å². The fraction of sp³-hybridized carbons (Fsp3) is 0.111. The molecule has 1 heterocycles. The number of hydrogen-bond donors (Lipinski definition) is 3. The van der Waals surface area contributed by atoms with E-state index in [9.17, 15) is 18.0 Å². The van der Waals surface area contributed by atoms with Crippen molar-refractivity contribution in [2.24, 2.45) is 0 Å². The highest BCUT2D eigenvalue weighted by atomic mass is 32.2. The van der Waals surface area contributed by atoms with Crippen LogP contribution >= 0.6 is 0 Å². The predicted octanol–water partition coefficient (Wildman–Crippen LogP) is 1.75. The van der Waals surface area contributed by atoms with Crippen molar-refractivity contribution in [1.82, 2.24) is 9.71 Å². The quantitative estimate of drug-likeness (QED) is 0.609. The summed E-state index contributed by atoms with van der Waals surface area (Å²) in [5, 5.41) is 9.82. The molecule has 0 aliphatic heterocycles. The van der Waals surface area contributed by atoms with Gasteiger partial charge in [0, 0.05) is 17.6 Å². The van der Waals surface area contributed by atoms with Gasteiger partial charge in [0.2, 0.25) is 10.0 Å². The zero-order chi connectivity index (χ0) is 18.7. The molecule has 3 rings (SSSR count). The number of carboxylic acid groups (broad SMARTS) is 1. The summed E-state index contributed by atoms with van der Waals surface area (Å²) < 4.78 is 27.0. The molecule has 0 fully saturated rings. The number of aromatic amines is 1. The van der Waals surface area contributed by atoms with E-state index in [-0.39, 0.29) is 29.0 Å². The lowest BCUT2D eigenvalue weighted by atomic mass is 10.1. The van der Waals surface area contributed by atoms with Crippen molar-refractivity contribution in [1.29, 1.82) is 0 Å². The second kappa shape index (κ2) is 7.11. The molecule has 0 radical (unpaired) electrons. The van der Waals surface area contributed by atoms with Crippen molar-refractivity contribution in [2.45, 2.75) is 11.3 Å². The molecule has 0 atom stereocenters. The molecule has 0 spiro atoms. The summed E-state index contributed by atoms with van der Waals surface area (Å²) in [7, 11) is -3.87. The number of nitrogens with one attached hydrogen (secondary N) is 2. The number of carboxylic acids is 1. The molecule has 2 aromatic carbocycles. The van der Waals surface area contributed by atoms with Crippen LogP contribution in [-0.4, -0.2) is 31.0 Å². The molecule has 0 amide bonds. The molecule has 3 N–H and O–H groups in total. The van der Waals surface area contributed by atoms with Crippen molar-refractivity contribution < 1.29 is 18.3 Å². The van der Waals surface area contributed by atoms with Gasteiger partial charge in [0.1, 0.15) is 0 Å². The van der Waals surface area contributed by atoms with Gasteiger partial charge in [0.05, 0.1) is 10.5 Å². The van der Waals surface area contributed by atoms with Crippen LogP contribution in [0.3, 0.4) is 0 Å². The number of para-hydroxylation sites is 1. The number of aromatic nitrogens is 1. The number of fused-ring (bicyclic) bond motifs is 1. The second-order valence-electron chi connectivity index (χ2n) is 5.69. The summed E-state index contributed by atoms with van der Waals surface area (Å²) in [6, 6.07) is 14.1. The van der Waals surface area contributed by atoms with Crippen LogP contribution in [0.2, 0.25) is 0 Å². The first-order valence-electron chi connectivity index (χ1n) is 7.81. The van der Waals surface area contributed by atoms with Crippen molar-refractivity contribution >= 4 is 26.9 Å². The largest absolute Gasteiger partial charge is 0.478 e. The Hall–Kier alpha value is -2.97. The first kappa shape index (κ1) is 17.8. The Labute approximate surface area is 149 Å². The van der Waals surface area contributed by atoms with E-state index in [0.29, 0.717) is 11.1 Å². The average Bonchev–Trinajstić information content (AvgIpc) is 2.62. The molecule has 0 aliphatic carbocycles. The highest BCUT2D eigenvalue weighted by Gasteiger charge is 2.16. The lowest BCUT2D eigenvalue weighted by Gasteiger charge is -2.08. The molecule has 1 aromatic heterocycles. The third-order valence-electron chi connectivity index (χ3n) is 3.91. The van der Waals surface area contributed by atoms with Crippen LogP contribution in [0.1, 0.15) is 15.9 Å². The van der Waals surface area contributed by atoms with Gasteiger partial charge in [-0.2, -0.15) is 0 Å². The number of hydrogen-bond acceptors (Lipinski definition) is 4. The number of sulfonamides is 1. The van der Waals surface area contributed by atoms with Crippen LogP contribution in [0.4, 0.5) is 0 Å². The normalized spacial score (nSPS) is 11.5. The van der Waals surface area contributed by atoms with Gasteiger partial charge in [0.25, 0.3) is 5.56 Å². The third kappa shape index (κ3) is 3.81. The van der Waals surface area contributed by atoms with E-state index in [1.54, 1.807) is 12.1 Å². The first-order chi connectivity index (χ1) is 12.4. The standard InChI is InChI=1S/C18H16N2O5S/c21-17-13(10-12-4-1-2-7-16(12)20-17)8-9-19-26(24,25)15-6-3-5-14(11-15)18(22)23/h1-7,10-11,19H,8-9H2,(H,20,21)(H,22,23). The van der Waals surface area contributed by atoms with Crippen LogP contribution in [0.25, 0.3) is 10.9 Å². The molecular weight excluding hydrogens is 356 g/mol. The fourth-order valence-electron chi connectivity index (χ4n) is 2.58. The number of rotatable bonds is 6. The van der Waals surface area contributed by atoms with E-state index in [4.69, 9.17) is 5.11 Å². The maximum atomic E-state index is 12.3. The fourth-order valence-corrected chi connectivity index (χ4v) is 3.66. The Kier molecular flexibility index (Phi) is 4.88. The molecular formula is C18H16N2O5S. The molecule has 0 saturated heterocycles. The second-order valence-corrected chi connectivity index (χ2v) is 7.46. The van der Waals surface area contributed by atoms with E-state index in [1.165, 1.54) is 18.2 Å². The van der Waals surface area contributed by atoms with Crippen molar-refractivity contribution in [2.75, 3.05) is 6.54 Å². The summed E-state index contributed by atoms with van der Waals surface area (Å²) in [6.45, 7) is 0.0149. The zero-order valence-electron chi connectivity index (χ0n) is 13.6. The predicted molar refractivity (Wildman–Crippen MR) is 96.9 cm³/mol. The van der Waals surface area contributed by atoms with Gasteiger partial charge in [-0.25, -0.2) is 17.9 Å². The Morgan fingerprint density at radius 1 is 1.08 bits per heavy atom. The Balaban J connectivity index is 1.75. The van der Waals surface area contributed by atoms with Crippen LogP contribution < -0.4 is 10.3 Å². The van der Waals surface area contributed by atoms with E-state index in [2.05, 4.69) is 9.71 Å². The monoisotopic (exact) mass is 372 g/mol. The highest BCUT2D eigenvalue weighted by molar-refractivity contribution is 7.89. The maximum Gasteiger partial charge on any atom is 0.335 e. The van der Waals surface area contributed by atoms with Crippen LogP contribution in [0.5, 0.6) is 0 Å². The molecule has 26 heavy (non-hydrogen) atoms. The van der Waals surface area contributed by atoms with Gasteiger partial charge in [-0.15, -0.1) is 0 Å². The maximum absolute atomic E-state index is 12.3. The summed E-state index contributed by atoms with van der Waals surface area (Å²) >= 11 is 0. The zero-order valence-corrected chi connectivity index (χ0v) is 14.4. The molecule has 0 bridgehead atoms. The molecule has 7 nitrogen and oxygen atoms in total. The topological polar surface area (TPSA) is 116 Å². The Morgan fingerprint density at radius 2 is 1.85 bits per heavy atom. The van der Waals surface area contributed by atoms with Gasteiger partial charge >= 0.3 is 5.97 Å². The lowest BCUT2D eigenvalue weighted by Crippen LogP contribution is -2.27. The number of benzene rings is 2. The summed E-state index contributed by atoms with van der Waals surface area (Å²) in [4.78, 5) is 25.7. The number of carbonyl (C=O) groups is 1. The number of pyridine rings is 1. The van der Waals surface area contributed by atoms with Gasteiger partial charge in [0.15, 0.2) is 0 Å². The first-order valence-corrected chi connectivity index (χ1v) is 9.29. The summed E-state index contributed by atoms with van der Waals surface area (Å²) in [6.07, 6.45) is 0.206. The van der Waals surface area contributed by atoms with Crippen molar-refractivity contribution in [3.63, 3.8) is 0 Å². The molecule has 8 heteroatoms. The molecule has 0 saturated carbocycles. The highest BCUT2D eigenvalue weighted by Crippen LogP contribution is 2.12. The van der Waals surface area contributed by atoms with E-state index < -0.39 is 16.0 Å². The Morgan fingerprint density at radius 3 is 2.62 bits per heavy atom. The minimum absolute atomic E-state index is 0.0149. The minimum Gasteiger partial charge on any atom is -0.478 e. The van der Waals surface area contributed by atoms with Crippen LogP contribution in [0, 0.1) is 0 Å². The van der Waals surface area contributed by atoms with Gasteiger partial charge in [-0.1, -0.05) is 24.3 Å². The lowest BCUT2D eigenvalue weighted by molar-refractivity contribution is 0.0696. The van der Waals surface area contributed by atoms with Gasteiger partial charge < -0.3 is 10.1 Å². The third-order valence-corrected chi connectivity index (χ3v) is 5.37. The number of H-pyrrole nitrogens is 1. The molecule has 134 valence electrons. The van der Waals surface area contributed by atoms with Crippen LogP contribution in [-0.2, 0) is 16.4 Å². The SMILES string of the molecule is O=C(O)c1cccc(S(=O)(=O)NCCc2cc3ccccc3[nH]c2=O)c1. The molecule has 0 aliphatic rings. The van der Waals surface area contributed by atoms with Gasteiger partial charge in [-0.3, -0.25) is 4.79 Å². The number of aromatic carboxylic acids is 1. The summed E-state index contributed by atoms with van der Waals surface area (Å²) in [5.41, 5.74) is 0.799. The smallest absolute Gasteiger partial charge is 0.335 e. The van der Waals surface area contributed by atoms with Crippen molar-refractivity contribution in [3.8, 4) is 0 Å². The van der Waals surface area contributed by atoms with E-state index >= 15 is 0 Å². The van der Waals surface area contributed by atoms with Gasteiger partial charge in [-0.05, 0) is 42.1 Å². The average molecular weight is 372 g/mol.